The van der Waals surface area contributed by atoms with Gasteiger partial charge in [0.25, 0.3) is 0 Å². The smallest absolute Gasteiger partial charge is 0.475 e. The number of likely N-dealkylation sites (tertiary alicyclic amines) is 1. The number of hydrogen-bond donors (Lipinski definition) is 1. The van der Waals surface area contributed by atoms with Gasteiger partial charge in [-0.15, -0.1) is 0 Å². The topological polar surface area (TPSA) is 70.1 Å². The average Bonchev–Trinajstić information content (AvgIpc) is 3.33. The number of piperidine rings is 1. The number of alkyl halides is 3. The SMILES string of the molecule is O=C(CC1CCC2(CC1)CCN(CC1CCOCC1)CC2)N1CC=CC1.O=C(O)C(F)(F)F. The van der Waals surface area contributed by atoms with E-state index in [0.717, 1.165) is 38.6 Å². The van der Waals surface area contributed by atoms with Crippen molar-refractivity contribution < 1.29 is 32.6 Å². The van der Waals surface area contributed by atoms with E-state index in [2.05, 4.69) is 17.1 Å². The number of carbonyl (C=O) groups is 2. The summed E-state index contributed by atoms with van der Waals surface area (Å²) >= 11 is 0. The van der Waals surface area contributed by atoms with E-state index in [1.807, 2.05) is 4.90 Å². The quantitative estimate of drug-likeness (QED) is 0.621. The Hall–Kier alpha value is -1.61. The van der Waals surface area contributed by atoms with Crippen molar-refractivity contribution in [3.8, 4) is 0 Å². The van der Waals surface area contributed by atoms with Crippen molar-refractivity contribution in [3.05, 3.63) is 12.2 Å². The molecule has 1 amide bonds. The first-order chi connectivity index (χ1) is 15.7. The summed E-state index contributed by atoms with van der Waals surface area (Å²) in [7, 11) is 0. The molecule has 3 aliphatic heterocycles. The zero-order valence-corrected chi connectivity index (χ0v) is 19.3. The summed E-state index contributed by atoms with van der Waals surface area (Å²) in [6.45, 7) is 7.48. The molecule has 1 N–H and O–H groups in total. The van der Waals surface area contributed by atoms with Gasteiger partial charge in [-0.25, -0.2) is 4.79 Å². The molecule has 0 unspecified atom stereocenters. The highest BCUT2D eigenvalue weighted by Gasteiger charge is 2.39. The molecule has 0 radical (unpaired) electrons. The predicted molar refractivity (Wildman–Crippen MR) is 118 cm³/mol. The van der Waals surface area contributed by atoms with Crippen molar-refractivity contribution in [2.45, 2.75) is 64.0 Å². The molecule has 1 aliphatic carbocycles. The summed E-state index contributed by atoms with van der Waals surface area (Å²) in [5.41, 5.74) is 0.598. The van der Waals surface area contributed by atoms with E-state index in [1.165, 1.54) is 71.0 Å². The molecule has 4 rings (SSSR count). The Bertz CT molecular complexity index is 666. The van der Waals surface area contributed by atoms with Crippen LogP contribution in [0.5, 0.6) is 0 Å². The number of amides is 1. The lowest BCUT2D eigenvalue weighted by Gasteiger charge is -2.46. The fourth-order valence-electron chi connectivity index (χ4n) is 5.56. The van der Waals surface area contributed by atoms with E-state index in [9.17, 15) is 18.0 Å². The molecule has 1 saturated carbocycles. The molecule has 3 heterocycles. The summed E-state index contributed by atoms with van der Waals surface area (Å²) in [5.74, 6) is -0.886. The molecular formula is C24H37F3N2O4. The van der Waals surface area contributed by atoms with Crippen molar-refractivity contribution in [1.82, 2.24) is 9.80 Å². The van der Waals surface area contributed by atoms with Gasteiger partial charge in [-0.1, -0.05) is 12.2 Å². The lowest BCUT2D eigenvalue weighted by Crippen LogP contribution is -2.44. The molecule has 3 fully saturated rings. The number of ether oxygens (including phenoxy) is 1. The molecule has 4 aliphatic rings. The Morgan fingerprint density at radius 1 is 0.939 bits per heavy atom. The van der Waals surface area contributed by atoms with E-state index < -0.39 is 12.1 Å². The van der Waals surface area contributed by atoms with Crippen LogP contribution in [0.15, 0.2) is 12.2 Å². The molecular weight excluding hydrogens is 437 g/mol. The molecule has 33 heavy (non-hydrogen) atoms. The van der Waals surface area contributed by atoms with Crippen molar-refractivity contribution in [1.29, 1.82) is 0 Å². The normalized spacial score (nSPS) is 24.5. The summed E-state index contributed by atoms with van der Waals surface area (Å²) < 4.78 is 37.2. The standard InChI is InChI=1S/C22H36N2O2.C2HF3O2/c25-21(24-11-1-2-12-24)17-19-3-7-22(8-4-19)9-13-23(14-10-22)18-20-5-15-26-16-6-20;3-2(4,5)1(6)7/h1-2,19-20H,3-18H2;(H,6,7). The monoisotopic (exact) mass is 474 g/mol. The highest BCUT2D eigenvalue weighted by atomic mass is 19.4. The molecule has 2 saturated heterocycles. The molecule has 0 bridgehead atoms. The average molecular weight is 475 g/mol. The first kappa shape index (κ1) is 26.0. The number of nitrogens with zero attached hydrogens (tertiary/aromatic N) is 2. The third-order valence-electron chi connectivity index (χ3n) is 7.82. The first-order valence-corrected chi connectivity index (χ1v) is 12.2. The molecule has 1 spiro atoms. The van der Waals surface area contributed by atoms with Crippen LogP contribution in [-0.2, 0) is 14.3 Å². The second kappa shape index (κ2) is 11.7. The van der Waals surface area contributed by atoms with Crippen molar-refractivity contribution >= 4 is 11.9 Å². The van der Waals surface area contributed by atoms with Gasteiger partial charge in [-0.2, -0.15) is 13.2 Å². The maximum atomic E-state index is 12.4. The summed E-state index contributed by atoms with van der Waals surface area (Å²) in [6.07, 6.45) is 10.5. The number of halogens is 3. The first-order valence-electron chi connectivity index (χ1n) is 12.2. The van der Waals surface area contributed by atoms with E-state index in [-0.39, 0.29) is 0 Å². The van der Waals surface area contributed by atoms with E-state index in [0.29, 0.717) is 17.2 Å². The highest BCUT2D eigenvalue weighted by molar-refractivity contribution is 5.77. The minimum atomic E-state index is -5.08. The van der Waals surface area contributed by atoms with E-state index in [1.54, 1.807) is 0 Å². The number of carboxylic acids is 1. The number of aliphatic carboxylic acids is 1. The Labute approximate surface area is 194 Å². The van der Waals surface area contributed by atoms with Crippen LogP contribution >= 0.6 is 0 Å². The van der Waals surface area contributed by atoms with Gasteiger partial charge in [0.2, 0.25) is 5.91 Å². The minimum absolute atomic E-state index is 0.377. The van der Waals surface area contributed by atoms with E-state index in [4.69, 9.17) is 14.6 Å². The van der Waals surface area contributed by atoms with Crippen molar-refractivity contribution in [2.75, 3.05) is 45.9 Å². The van der Waals surface area contributed by atoms with Gasteiger partial charge in [-0.05, 0) is 81.7 Å². The van der Waals surface area contributed by atoms with Crippen LogP contribution in [0.4, 0.5) is 13.2 Å². The van der Waals surface area contributed by atoms with Crippen LogP contribution in [0.25, 0.3) is 0 Å². The van der Waals surface area contributed by atoms with Gasteiger partial charge >= 0.3 is 12.1 Å². The largest absolute Gasteiger partial charge is 0.490 e. The lowest BCUT2D eigenvalue weighted by atomic mass is 9.65. The maximum Gasteiger partial charge on any atom is 0.490 e. The Morgan fingerprint density at radius 2 is 1.48 bits per heavy atom. The Morgan fingerprint density at radius 3 is 2.00 bits per heavy atom. The molecule has 0 aromatic carbocycles. The Kier molecular flexibility index (Phi) is 9.21. The van der Waals surface area contributed by atoms with Crippen molar-refractivity contribution in [3.63, 3.8) is 0 Å². The minimum Gasteiger partial charge on any atom is -0.475 e. The molecule has 0 aromatic heterocycles. The van der Waals surface area contributed by atoms with Gasteiger partial charge in [0, 0.05) is 39.3 Å². The van der Waals surface area contributed by atoms with Crippen molar-refractivity contribution in [2.24, 2.45) is 17.3 Å². The number of rotatable bonds is 4. The second-order valence-corrected chi connectivity index (χ2v) is 10.1. The second-order valence-electron chi connectivity index (χ2n) is 10.1. The highest BCUT2D eigenvalue weighted by Crippen LogP contribution is 2.47. The zero-order valence-electron chi connectivity index (χ0n) is 19.3. The fourth-order valence-corrected chi connectivity index (χ4v) is 5.56. The summed E-state index contributed by atoms with van der Waals surface area (Å²) in [5, 5.41) is 7.12. The maximum absolute atomic E-state index is 12.4. The molecule has 0 atom stereocenters. The number of hydrogen-bond acceptors (Lipinski definition) is 4. The summed E-state index contributed by atoms with van der Waals surface area (Å²) in [4.78, 5) is 26.0. The zero-order chi connectivity index (χ0) is 23.9. The van der Waals surface area contributed by atoms with Crippen LogP contribution in [0, 0.1) is 17.3 Å². The Balaban J connectivity index is 0.000000383. The summed E-state index contributed by atoms with van der Waals surface area (Å²) in [6, 6.07) is 0. The number of carboxylic acid groups (broad SMARTS) is 1. The third-order valence-corrected chi connectivity index (χ3v) is 7.82. The molecule has 6 nitrogen and oxygen atoms in total. The third kappa shape index (κ3) is 7.98. The van der Waals surface area contributed by atoms with Crippen LogP contribution < -0.4 is 0 Å². The van der Waals surface area contributed by atoms with Crippen LogP contribution in [-0.4, -0.2) is 78.9 Å². The van der Waals surface area contributed by atoms with Gasteiger partial charge in [0.15, 0.2) is 0 Å². The molecule has 188 valence electrons. The molecule has 9 heteroatoms. The van der Waals surface area contributed by atoms with Gasteiger partial charge in [0.05, 0.1) is 0 Å². The van der Waals surface area contributed by atoms with Crippen LogP contribution in [0.1, 0.15) is 57.8 Å². The van der Waals surface area contributed by atoms with Gasteiger partial charge in [0.1, 0.15) is 0 Å². The lowest BCUT2D eigenvalue weighted by molar-refractivity contribution is -0.192. The number of carbonyl (C=O) groups excluding carboxylic acids is 1. The van der Waals surface area contributed by atoms with E-state index >= 15 is 0 Å². The van der Waals surface area contributed by atoms with Crippen LogP contribution in [0.3, 0.4) is 0 Å². The predicted octanol–water partition coefficient (Wildman–Crippen LogP) is 4.11. The van der Waals surface area contributed by atoms with Gasteiger partial charge in [-0.3, -0.25) is 4.79 Å². The fraction of sp³-hybridized carbons (Fsp3) is 0.833. The van der Waals surface area contributed by atoms with Gasteiger partial charge < -0.3 is 19.6 Å². The van der Waals surface area contributed by atoms with Crippen LogP contribution in [0.2, 0.25) is 0 Å². The molecule has 0 aromatic rings.